The van der Waals surface area contributed by atoms with Gasteiger partial charge in [0.1, 0.15) is 0 Å². The molecule has 2 fully saturated rings. The van der Waals surface area contributed by atoms with Crippen LogP contribution in [0.2, 0.25) is 0 Å². The van der Waals surface area contributed by atoms with Gasteiger partial charge in [-0.15, -0.1) is 0 Å². The maximum atomic E-state index is 9.53. The van der Waals surface area contributed by atoms with Gasteiger partial charge in [0, 0.05) is 11.6 Å². The van der Waals surface area contributed by atoms with Gasteiger partial charge in [0.2, 0.25) is 0 Å². The van der Waals surface area contributed by atoms with Crippen molar-refractivity contribution in [2.75, 3.05) is 6.61 Å². The molecule has 12 heavy (non-hydrogen) atoms. The second kappa shape index (κ2) is 2.98. The van der Waals surface area contributed by atoms with E-state index in [4.69, 9.17) is 5.11 Å². The van der Waals surface area contributed by atoms with Crippen molar-refractivity contribution in [3.05, 3.63) is 0 Å². The number of hydrogen-bond acceptors (Lipinski definition) is 3. The molecule has 2 aliphatic rings. The van der Waals surface area contributed by atoms with Gasteiger partial charge in [0.15, 0.2) is 0 Å². The summed E-state index contributed by atoms with van der Waals surface area (Å²) in [5.41, 5.74) is -0.0179. The molecule has 0 aromatic rings. The van der Waals surface area contributed by atoms with E-state index < -0.39 is 0 Å². The van der Waals surface area contributed by atoms with Gasteiger partial charge in [-0.3, -0.25) is 0 Å². The fourth-order valence-corrected chi connectivity index (χ4v) is 2.00. The number of aliphatic hydroxyl groups is 2. The van der Waals surface area contributed by atoms with E-state index in [-0.39, 0.29) is 24.3 Å². The van der Waals surface area contributed by atoms with Crippen LogP contribution in [0.1, 0.15) is 32.1 Å². The lowest BCUT2D eigenvalue weighted by Crippen LogP contribution is -2.46. The Morgan fingerprint density at radius 1 is 1.33 bits per heavy atom. The Balaban J connectivity index is 1.86. The van der Waals surface area contributed by atoms with Crippen LogP contribution in [-0.4, -0.2) is 34.5 Å². The molecule has 0 spiro atoms. The third-order valence-electron chi connectivity index (χ3n) is 3.13. The summed E-state index contributed by atoms with van der Waals surface area (Å²) in [7, 11) is 0. The number of hydrogen-bond donors (Lipinski definition) is 3. The highest BCUT2D eigenvalue weighted by molar-refractivity contribution is 5.04. The molecular weight excluding hydrogens is 154 g/mol. The third kappa shape index (κ3) is 1.49. The summed E-state index contributed by atoms with van der Waals surface area (Å²) in [6.07, 6.45) is 5.02. The fourth-order valence-electron chi connectivity index (χ4n) is 2.00. The van der Waals surface area contributed by atoms with Crippen LogP contribution < -0.4 is 5.32 Å². The Kier molecular flexibility index (Phi) is 2.10. The van der Waals surface area contributed by atoms with Gasteiger partial charge in [-0.2, -0.15) is 0 Å². The highest BCUT2D eigenvalue weighted by Crippen LogP contribution is 2.36. The molecule has 0 radical (unpaired) electrons. The third-order valence-corrected chi connectivity index (χ3v) is 3.13. The Bertz CT molecular complexity index is 168. The van der Waals surface area contributed by atoms with Gasteiger partial charge in [-0.05, 0) is 32.1 Å². The molecule has 2 rings (SSSR count). The quantitative estimate of drug-likeness (QED) is 0.561. The predicted octanol–water partition coefficient (Wildman–Crippen LogP) is 0.0143. The zero-order valence-corrected chi connectivity index (χ0v) is 7.29. The molecule has 0 saturated heterocycles. The molecular formula is C9H17NO2. The highest BCUT2D eigenvalue weighted by Gasteiger charge is 2.44. The lowest BCUT2D eigenvalue weighted by Gasteiger charge is -2.22. The molecule has 0 aromatic carbocycles. The van der Waals surface area contributed by atoms with Crippen molar-refractivity contribution in [3.63, 3.8) is 0 Å². The van der Waals surface area contributed by atoms with Crippen LogP contribution in [0.3, 0.4) is 0 Å². The summed E-state index contributed by atoms with van der Waals surface area (Å²) in [5.74, 6) is 0. The van der Waals surface area contributed by atoms with Crippen molar-refractivity contribution >= 4 is 0 Å². The number of nitrogens with one attached hydrogen (secondary N) is 1. The maximum Gasteiger partial charge on any atom is 0.0693 e. The minimum Gasteiger partial charge on any atom is -0.394 e. The lowest BCUT2D eigenvalue weighted by molar-refractivity contribution is 0.127. The van der Waals surface area contributed by atoms with Gasteiger partial charge in [0.25, 0.3) is 0 Å². The Hall–Kier alpha value is -0.120. The van der Waals surface area contributed by atoms with Crippen LogP contribution in [0, 0.1) is 0 Å². The van der Waals surface area contributed by atoms with E-state index in [2.05, 4.69) is 5.32 Å². The van der Waals surface area contributed by atoms with Crippen LogP contribution in [0.4, 0.5) is 0 Å². The summed E-state index contributed by atoms with van der Waals surface area (Å²) in [5, 5.41) is 22.0. The molecule has 2 aliphatic carbocycles. The van der Waals surface area contributed by atoms with Crippen LogP contribution >= 0.6 is 0 Å². The molecule has 2 saturated carbocycles. The average Bonchev–Trinajstić information content (AvgIpc) is 2.74. The molecule has 3 heteroatoms. The smallest absolute Gasteiger partial charge is 0.0693 e. The molecule has 0 amide bonds. The molecule has 0 aliphatic heterocycles. The second-order valence-electron chi connectivity index (χ2n) is 4.19. The topological polar surface area (TPSA) is 52.5 Å². The summed E-state index contributed by atoms with van der Waals surface area (Å²) in [6, 6.07) is 0.236. The van der Waals surface area contributed by atoms with E-state index in [0.29, 0.717) is 0 Å². The summed E-state index contributed by atoms with van der Waals surface area (Å²) in [6.45, 7) is 0.218. The summed E-state index contributed by atoms with van der Waals surface area (Å²) in [4.78, 5) is 0. The largest absolute Gasteiger partial charge is 0.394 e. The van der Waals surface area contributed by atoms with Crippen LogP contribution in [0.25, 0.3) is 0 Å². The first-order valence-electron chi connectivity index (χ1n) is 4.82. The van der Waals surface area contributed by atoms with Gasteiger partial charge >= 0.3 is 0 Å². The van der Waals surface area contributed by atoms with Crippen molar-refractivity contribution < 1.29 is 10.2 Å². The van der Waals surface area contributed by atoms with Gasteiger partial charge in [-0.1, -0.05) is 0 Å². The second-order valence-corrected chi connectivity index (χ2v) is 4.19. The first-order valence-corrected chi connectivity index (χ1v) is 4.82. The normalized spacial score (nSPS) is 38.5. The molecule has 0 aromatic heterocycles. The molecule has 3 nitrogen and oxygen atoms in total. The first-order chi connectivity index (χ1) is 5.76. The van der Waals surface area contributed by atoms with Crippen molar-refractivity contribution in [3.8, 4) is 0 Å². The van der Waals surface area contributed by atoms with Gasteiger partial charge in [0.05, 0.1) is 12.7 Å². The highest BCUT2D eigenvalue weighted by atomic mass is 16.3. The Morgan fingerprint density at radius 3 is 2.50 bits per heavy atom. The molecule has 0 bridgehead atoms. The van der Waals surface area contributed by atoms with E-state index in [1.54, 1.807) is 0 Å². The van der Waals surface area contributed by atoms with E-state index in [0.717, 1.165) is 32.1 Å². The van der Waals surface area contributed by atoms with Crippen molar-refractivity contribution in [2.24, 2.45) is 0 Å². The van der Waals surface area contributed by atoms with E-state index >= 15 is 0 Å². The number of aliphatic hydroxyl groups excluding tert-OH is 2. The standard InChI is InChI=1S/C9H17NO2/c11-6-9(4-5-9)10-7-2-1-3-8(7)12/h7-8,10-12H,1-6H2. The van der Waals surface area contributed by atoms with Crippen molar-refractivity contribution in [1.82, 2.24) is 5.32 Å². The Morgan fingerprint density at radius 2 is 2.08 bits per heavy atom. The predicted molar refractivity (Wildman–Crippen MR) is 45.8 cm³/mol. The molecule has 2 atom stereocenters. The zero-order valence-electron chi connectivity index (χ0n) is 7.29. The molecule has 70 valence electrons. The van der Waals surface area contributed by atoms with Gasteiger partial charge in [-0.25, -0.2) is 0 Å². The molecule has 0 heterocycles. The van der Waals surface area contributed by atoms with E-state index in [1.807, 2.05) is 0 Å². The Labute approximate surface area is 72.8 Å². The van der Waals surface area contributed by atoms with Crippen molar-refractivity contribution in [1.29, 1.82) is 0 Å². The average molecular weight is 171 g/mol. The summed E-state index contributed by atoms with van der Waals surface area (Å²) >= 11 is 0. The lowest BCUT2D eigenvalue weighted by atomic mass is 10.1. The monoisotopic (exact) mass is 171 g/mol. The zero-order chi connectivity index (χ0) is 8.60. The van der Waals surface area contributed by atoms with E-state index in [9.17, 15) is 5.11 Å². The minimum absolute atomic E-state index is 0.0179. The SMILES string of the molecule is OCC1(NC2CCCC2O)CC1. The fraction of sp³-hybridized carbons (Fsp3) is 1.00. The van der Waals surface area contributed by atoms with Crippen LogP contribution in [-0.2, 0) is 0 Å². The molecule has 2 unspecified atom stereocenters. The minimum atomic E-state index is -0.186. The van der Waals surface area contributed by atoms with Crippen LogP contribution in [0.5, 0.6) is 0 Å². The van der Waals surface area contributed by atoms with E-state index in [1.165, 1.54) is 0 Å². The maximum absolute atomic E-state index is 9.53. The molecule has 3 N–H and O–H groups in total. The van der Waals surface area contributed by atoms with Gasteiger partial charge < -0.3 is 15.5 Å². The first kappa shape index (κ1) is 8.48. The van der Waals surface area contributed by atoms with Crippen molar-refractivity contribution in [2.45, 2.75) is 49.8 Å². The summed E-state index contributed by atoms with van der Waals surface area (Å²) < 4.78 is 0. The number of rotatable bonds is 3. The van der Waals surface area contributed by atoms with Crippen LogP contribution in [0.15, 0.2) is 0 Å².